The molecular formula is C23H28N4O. The molecule has 4 rings (SSSR count). The molecule has 1 fully saturated rings. The number of ether oxygens (including phenoxy) is 1. The second-order valence-corrected chi connectivity index (χ2v) is 7.44. The second-order valence-electron chi connectivity index (χ2n) is 7.44. The van der Waals surface area contributed by atoms with Gasteiger partial charge in [-0.1, -0.05) is 32.0 Å². The molecule has 146 valence electrons. The molecule has 2 aromatic heterocycles. The van der Waals surface area contributed by atoms with E-state index in [1.807, 2.05) is 18.2 Å². The van der Waals surface area contributed by atoms with Crippen LogP contribution < -0.4 is 4.74 Å². The highest BCUT2D eigenvalue weighted by atomic mass is 16.5. The van der Waals surface area contributed by atoms with E-state index in [0.29, 0.717) is 5.92 Å². The van der Waals surface area contributed by atoms with Crippen LogP contribution in [0.4, 0.5) is 0 Å². The van der Waals surface area contributed by atoms with Crippen molar-refractivity contribution in [3.63, 3.8) is 0 Å². The molecule has 3 aromatic rings. The van der Waals surface area contributed by atoms with Gasteiger partial charge in [-0.05, 0) is 55.9 Å². The molecule has 2 heterocycles. The van der Waals surface area contributed by atoms with Crippen molar-refractivity contribution in [2.45, 2.75) is 64.4 Å². The minimum atomic E-state index is 0.233. The summed E-state index contributed by atoms with van der Waals surface area (Å²) in [5.74, 6) is 3.27. The summed E-state index contributed by atoms with van der Waals surface area (Å²) in [7, 11) is 0. The topological polar surface area (TPSA) is 52.8 Å². The second kappa shape index (κ2) is 8.55. The summed E-state index contributed by atoms with van der Waals surface area (Å²) in [6, 6.07) is 14.6. The van der Waals surface area contributed by atoms with Gasteiger partial charge in [0.15, 0.2) is 0 Å². The molecule has 1 aliphatic carbocycles. The third kappa shape index (κ3) is 3.93. The number of aromatic nitrogens is 4. The average Bonchev–Trinajstić information content (AvgIpc) is 3.19. The van der Waals surface area contributed by atoms with E-state index in [1.165, 1.54) is 11.3 Å². The minimum absolute atomic E-state index is 0.233. The van der Waals surface area contributed by atoms with E-state index in [0.717, 1.165) is 56.1 Å². The maximum atomic E-state index is 6.05. The van der Waals surface area contributed by atoms with Gasteiger partial charge in [0, 0.05) is 30.3 Å². The van der Waals surface area contributed by atoms with Crippen LogP contribution in [-0.2, 0) is 12.8 Å². The lowest BCUT2D eigenvalue weighted by Crippen LogP contribution is -2.25. The Bertz CT molecular complexity index is 881. The van der Waals surface area contributed by atoms with Crippen LogP contribution in [0, 0.1) is 0 Å². The Morgan fingerprint density at radius 2 is 1.71 bits per heavy atom. The Hall–Kier alpha value is -2.69. The summed E-state index contributed by atoms with van der Waals surface area (Å²) >= 11 is 0. The number of hydrogen-bond donors (Lipinski definition) is 0. The van der Waals surface area contributed by atoms with Gasteiger partial charge in [0.2, 0.25) is 5.88 Å². The largest absolute Gasteiger partial charge is 0.474 e. The summed E-state index contributed by atoms with van der Waals surface area (Å²) in [5.41, 5.74) is 2.52. The first-order valence-electron chi connectivity index (χ1n) is 10.4. The number of nitrogens with zero attached hydrogens (tertiary/aromatic N) is 4. The van der Waals surface area contributed by atoms with Crippen LogP contribution in [0.3, 0.4) is 0 Å². The summed E-state index contributed by atoms with van der Waals surface area (Å²) in [4.78, 5) is 4.28. The lowest BCUT2D eigenvalue weighted by Gasteiger charge is -2.28. The van der Waals surface area contributed by atoms with Gasteiger partial charge in [0.25, 0.3) is 0 Å². The predicted octanol–water partition coefficient (Wildman–Crippen LogP) is 4.89. The molecule has 0 saturated heterocycles. The van der Waals surface area contributed by atoms with Crippen LogP contribution in [-0.4, -0.2) is 25.9 Å². The van der Waals surface area contributed by atoms with Gasteiger partial charge in [-0.25, -0.2) is 4.98 Å². The fourth-order valence-electron chi connectivity index (χ4n) is 4.01. The van der Waals surface area contributed by atoms with Crippen molar-refractivity contribution >= 4 is 0 Å². The van der Waals surface area contributed by atoms with E-state index in [1.54, 1.807) is 6.20 Å². The van der Waals surface area contributed by atoms with Gasteiger partial charge in [0.1, 0.15) is 17.8 Å². The van der Waals surface area contributed by atoms with Crippen molar-refractivity contribution in [3.8, 4) is 11.6 Å². The molecule has 0 amide bonds. The van der Waals surface area contributed by atoms with Gasteiger partial charge in [-0.3, -0.25) is 4.57 Å². The summed E-state index contributed by atoms with van der Waals surface area (Å²) in [5, 5.41) is 9.09. The molecule has 1 aromatic carbocycles. The Kier molecular flexibility index (Phi) is 5.70. The van der Waals surface area contributed by atoms with E-state index in [-0.39, 0.29) is 6.10 Å². The Labute approximate surface area is 166 Å². The molecular weight excluding hydrogens is 348 g/mol. The molecule has 1 saturated carbocycles. The third-order valence-corrected chi connectivity index (χ3v) is 5.64. The number of benzene rings is 1. The zero-order chi connectivity index (χ0) is 19.3. The minimum Gasteiger partial charge on any atom is -0.474 e. The molecule has 0 bridgehead atoms. The lowest BCUT2D eigenvalue weighted by atomic mass is 9.86. The number of hydrogen-bond acceptors (Lipinski definition) is 4. The van der Waals surface area contributed by atoms with Gasteiger partial charge in [0.05, 0.1) is 0 Å². The van der Waals surface area contributed by atoms with Crippen molar-refractivity contribution in [2.75, 3.05) is 0 Å². The first-order chi connectivity index (χ1) is 13.8. The highest BCUT2D eigenvalue weighted by Gasteiger charge is 2.28. The number of aryl methyl sites for hydroxylation is 2. The van der Waals surface area contributed by atoms with Gasteiger partial charge in [-0.2, -0.15) is 0 Å². The summed E-state index contributed by atoms with van der Waals surface area (Å²) in [6.07, 6.45) is 8.10. The van der Waals surface area contributed by atoms with Crippen LogP contribution in [0.2, 0.25) is 0 Å². The van der Waals surface area contributed by atoms with E-state index >= 15 is 0 Å². The van der Waals surface area contributed by atoms with Crippen molar-refractivity contribution < 1.29 is 4.74 Å². The van der Waals surface area contributed by atoms with Crippen LogP contribution in [0.5, 0.6) is 5.88 Å². The molecule has 28 heavy (non-hydrogen) atoms. The molecule has 0 spiro atoms. The normalized spacial score (nSPS) is 19.5. The monoisotopic (exact) mass is 376 g/mol. The summed E-state index contributed by atoms with van der Waals surface area (Å²) in [6.45, 7) is 4.32. The molecule has 0 unspecified atom stereocenters. The van der Waals surface area contributed by atoms with E-state index in [4.69, 9.17) is 4.74 Å². The van der Waals surface area contributed by atoms with Crippen molar-refractivity contribution in [3.05, 3.63) is 65.9 Å². The van der Waals surface area contributed by atoms with Crippen molar-refractivity contribution in [2.24, 2.45) is 0 Å². The highest BCUT2D eigenvalue weighted by molar-refractivity contribution is 5.37. The van der Waals surface area contributed by atoms with Crippen molar-refractivity contribution in [1.29, 1.82) is 0 Å². The highest BCUT2D eigenvalue weighted by Crippen LogP contribution is 2.35. The van der Waals surface area contributed by atoms with Gasteiger partial charge < -0.3 is 4.74 Å². The molecule has 5 nitrogen and oxygen atoms in total. The number of rotatable bonds is 6. The van der Waals surface area contributed by atoms with Crippen molar-refractivity contribution in [1.82, 2.24) is 19.7 Å². The van der Waals surface area contributed by atoms with E-state index in [2.05, 4.69) is 57.9 Å². The smallest absolute Gasteiger partial charge is 0.213 e. The van der Waals surface area contributed by atoms with E-state index < -0.39 is 0 Å². The SMILES string of the molecule is CCc1ccc(-n2c(CC)nnc2C2CCC(Oc3ccccn3)CC2)cc1. The van der Waals surface area contributed by atoms with Crippen LogP contribution in [0.1, 0.15) is 62.7 Å². The van der Waals surface area contributed by atoms with Crippen LogP contribution in [0.25, 0.3) is 5.69 Å². The number of pyridine rings is 1. The fourth-order valence-corrected chi connectivity index (χ4v) is 4.01. The summed E-state index contributed by atoms with van der Waals surface area (Å²) < 4.78 is 8.32. The van der Waals surface area contributed by atoms with Gasteiger partial charge in [-0.15, -0.1) is 10.2 Å². The Morgan fingerprint density at radius 1 is 0.929 bits per heavy atom. The lowest BCUT2D eigenvalue weighted by molar-refractivity contribution is 0.139. The Morgan fingerprint density at radius 3 is 2.36 bits per heavy atom. The maximum Gasteiger partial charge on any atom is 0.213 e. The Balaban J connectivity index is 1.50. The molecule has 0 radical (unpaired) electrons. The fraction of sp³-hybridized carbons (Fsp3) is 0.435. The third-order valence-electron chi connectivity index (χ3n) is 5.64. The molecule has 0 N–H and O–H groups in total. The molecule has 0 atom stereocenters. The average molecular weight is 377 g/mol. The first kappa shape index (κ1) is 18.7. The first-order valence-corrected chi connectivity index (χ1v) is 10.4. The molecule has 5 heteroatoms. The zero-order valence-corrected chi connectivity index (χ0v) is 16.7. The standard InChI is InChI=1S/C23H28N4O/c1-3-17-8-12-19(13-9-17)27-21(4-2)25-26-23(27)18-10-14-20(15-11-18)28-22-7-5-6-16-24-22/h5-9,12-13,16,18,20H,3-4,10-11,14-15H2,1-2H3. The predicted molar refractivity (Wildman–Crippen MR) is 110 cm³/mol. The van der Waals surface area contributed by atoms with Crippen LogP contribution in [0.15, 0.2) is 48.7 Å². The van der Waals surface area contributed by atoms with Gasteiger partial charge >= 0.3 is 0 Å². The van der Waals surface area contributed by atoms with Crippen LogP contribution >= 0.6 is 0 Å². The molecule has 0 aliphatic heterocycles. The zero-order valence-electron chi connectivity index (χ0n) is 16.7. The molecule has 1 aliphatic rings. The van der Waals surface area contributed by atoms with E-state index in [9.17, 15) is 0 Å². The maximum absolute atomic E-state index is 6.05. The quantitative estimate of drug-likeness (QED) is 0.614.